The van der Waals surface area contributed by atoms with E-state index >= 15 is 0 Å². The number of nitrogens with one attached hydrogen (secondary N) is 2. The predicted octanol–water partition coefficient (Wildman–Crippen LogP) is 2.08. The van der Waals surface area contributed by atoms with Crippen LogP contribution in [0.1, 0.15) is 5.56 Å². The van der Waals surface area contributed by atoms with Gasteiger partial charge in [0.05, 0.1) is 6.54 Å². The molecule has 31 heavy (non-hydrogen) atoms. The van der Waals surface area contributed by atoms with Crippen LogP contribution in [0.5, 0.6) is 0 Å². The number of carbonyl (C=O) groups excluding carboxylic acids is 2. The van der Waals surface area contributed by atoms with E-state index < -0.39 is 22.1 Å². The van der Waals surface area contributed by atoms with Crippen molar-refractivity contribution in [1.29, 1.82) is 0 Å². The molecular formula is C21H20N4O4S2. The van der Waals surface area contributed by atoms with Crippen LogP contribution in [0.25, 0.3) is 5.57 Å². The number of para-hydroxylation sites is 1. The number of benzene rings is 1. The molecule has 0 spiro atoms. The van der Waals surface area contributed by atoms with Gasteiger partial charge in [-0.1, -0.05) is 18.2 Å². The number of β-lactam (4-membered cyclic amide) rings is 1. The van der Waals surface area contributed by atoms with Gasteiger partial charge in [0.25, 0.3) is 5.91 Å². The summed E-state index contributed by atoms with van der Waals surface area (Å²) in [5.41, 5.74) is 2.03. The molecule has 1 unspecified atom stereocenters. The monoisotopic (exact) mass is 456 g/mol. The van der Waals surface area contributed by atoms with Gasteiger partial charge in [0.2, 0.25) is 5.91 Å². The standard InChI is InChI=1S/C21H20N4O4S2/c1-30-21(24-16(26)11-23-14-5-3-2-4-6-14)19(29)25-17(18(27)28)15(12-31-20(21)25)13-7-9-22-10-8-13/h2-10,20,23H,11-12H2,1H3,(H,24,26)(H,27,28)/t20-,21?/m0/s1. The first-order valence-corrected chi connectivity index (χ1v) is 11.7. The summed E-state index contributed by atoms with van der Waals surface area (Å²) in [5, 5.41) is 15.2. The second kappa shape index (κ2) is 8.64. The second-order valence-electron chi connectivity index (χ2n) is 6.91. The highest BCUT2D eigenvalue weighted by atomic mass is 32.2. The highest BCUT2D eigenvalue weighted by Gasteiger charge is 2.65. The molecule has 1 saturated heterocycles. The number of nitrogens with zero attached hydrogens (tertiary/aromatic N) is 2. The van der Waals surface area contributed by atoms with Gasteiger partial charge in [-0.15, -0.1) is 23.5 Å². The quantitative estimate of drug-likeness (QED) is 0.429. The van der Waals surface area contributed by atoms with E-state index in [2.05, 4.69) is 15.6 Å². The third-order valence-corrected chi connectivity index (χ3v) is 7.76. The van der Waals surface area contributed by atoms with Gasteiger partial charge >= 0.3 is 5.97 Å². The number of rotatable bonds is 7. The lowest BCUT2D eigenvalue weighted by molar-refractivity contribution is -0.152. The molecule has 3 heterocycles. The third-order valence-electron chi connectivity index (χ3n) is 5.14. The number of amides is 2. The zero-order chi connectivity index (χ0) is 22.0. The maximum Gasteiger partial charge on any atom is 0.352 e. The summed E-state index contributed by atoms with van der Waals surface area (Å²) in [4.78, 5) is 41.9. The number of carboxylic acid groups (broad SMARTS) is 1. The van der Waals surface area contributed by atoms with E-state index in [1.807, 2.05) is 30.3 Å². The van der Waals surface area contributed by atoms with Gasteiger partial charge in [-0.2, -0.15) is 0 Å². The van der Waals surface area contributed by atoms with Gasteiger partial charge in [0.1, 0.15) is 11.1 Å². The molecule has 0 aliphatic carbocycles. The van der Waals surface area contributed by atoms with Crippen LogP contribution in [-0.4, -0.2) is 61.6 Å². The number of aliphatic carboxylic acids is 1. The normalized spacial score (nSPS) is 22.4. The van der Waals surface area contributed by atoms with Crippen molar-refractivity contribution in [2.45, 2.75) is 10.2 Å². The molecule has 1 aromatic heterocycles. The number of carbonyl (C=O) groups is 3. The van der Waals surface area contributed by atoms with Crippen molar-refractivity contribution in [1.82, 2.24) is 15.2 Å². The van der Waals surface area contributed by atoms with Gasteiger partial charge in [-0.05, 0) is 36.1 Å². The zero-order valence-corrected chi connectivity index (χ0v) is 18.2. The van der Waals surface area contributed by atoms with E-state index in [0.717, 1.165) is 5.69 Å². The van der Waals surface area contributed by atoms with Crippen LogP contribution in [0.2, 0.25) is 0 Å². The third kappa shape index (κ3) is 3.77. The molecule has 2 aromatic rings. The fourth-order valence-corrected chi connectivity index (χ4v) is 6.30. The number of hydrogen-bond donors (Lipinski definition) is 3. The number of anilines is 1. The summed E-state index contributed by atoms with van der Waals surface area (Å²) in [5.74, 6) is -1.54. The van der Waals surface area contributed by atoms with Crippen LogP contribution in [0.15, 0.2) is 60.6 Å². The fraction of sp³-hybridized carbons (Fsp3) is 0.238. The molecule has 2 aliphatic rings. The van der Waals surface area contributed by atoms with Crippen molar-refractivity contribution in [3.05, 3.63) is 66.1 Å². The number of aromatic nitrogens is 1. The molecule has 2 atom stereocenters. The summed E-state index contributed by atoms with van der Waals surface area (Å²) < 4.78 is 0. The Kier molecular flexibility index (Phi) is 5.92. The van der Waals surface area contributed by atoms with Gasteiger partial charge in [-0.25, -0.2) is 4.79 Å². The molecule has 1 fully saturated rings. The Morgan fingerprint density at radius 3 is 2.61 bits per heavy atom. The summed E-state index contributed by atoms with van der Waals surface area (Å²) in [6, 6.07) is 12.7. The van der Waals surface area contributed by atoms with E-state index in [4.69, 9.17) is 0 Å². The van der Waals surface area contributed by atoms with Gasteiger partial charge < -0.3 is 15.7 Å². The minimum Gasteiger partial charge on any atom is -0.477 e. The number of thioether (sulfide) groups is 2. The topological polar surface area (TPSA) is 112 Å². The van der Waals surface area contributed by atoms with Crippen LogP contribution >= 0.6 is 23.5 Å². The predicted molar refractivity (Wildman–Crippen MR) is 121 cm³/mol. The average Bonchev–Trinajstić information content (AvgIpc) is 2.81. The smallest absolute Gasteiger partial charge is 0.352 e. The van der Waals surface area contributed by atoms with Crippen molar-refractivity contribution in [2.24, 2.45) is 0 Å². The highest BCUT2D eigenvalue weighted by molar-refractivity contribution is 8.05. The Balaban J connectivity index is 1.55. The van der Waals surface area contributed by atoms with Crippen LogP contribution in [0, 0.1) is 0 Å². The minimum atomic E-state index is -1.20. The lowest BCUT2D eigenvalue weighted by Crippen LogP contribution is -2.78. The summed E-state index contributed by atoms with van der Waals surface area (Å²) in [6.45, 7) is 0.000875. The Labute approximate surface area is 187 Å². The number of fused-ring (bicyclic) bond motifs is 1. The lowest BCUT2D eigenvalue weighted by Gasteiger charge is -2.56. The summed E-state index contributed by atoms with van der Waals surface area (Å²) >= 11 is 2.65. The average molecular weight is 457 g/mol. The maximum atomic E-state index is 13.2. The maximum absolute atomic E-state index is 13.2. The highest BCUT2D eigenvalue weighted by Crippen LogP contribution is 2.51. The minimum absolute atomic E-state index is 0.000875. The molecule has 10 heteroatoms. The van der Waals surface area contributed by atoms with E-state index in [-0.39, 0.29) is 18.1 Å². The molecule has 1 aromatic carbocycles. The van der Waals surface area contributed by atoms with Gasteiger partial charge in [-0.3, -0.25) is 19.5 Å². The molecule has 0 saturated carbocycles. The van der Waals surface area contributed by atoms with Gasteiger partial charge in [0, 0.05) is 29.4 Å². The van der Waals surface area contributed by atoms with Crippen molar-refractivity contribution in [3.63, 3.8) is 0 Å². The molecule has 3 N–H and O–H groups in total. The largest absolute Gasteiger partial charge is 0.477 e. The molecule has 0 bridgehead atoms. The number of pyridine rings is 1. The van der Waals surface area contributed by atoms with Crippen molar-refractivity contribution >= 4 is 52.6 Å². The molecule has 8 nitrogen and oxygen atoms in total. The van der Waals surface area contributed by atoms with E-state index in [9.17, 15) is 19.5 Å². The second-order valence-corrected chi connectivity index (χ2v) is 9.03. The summed E-state index contributed by atoms with van der Waals surface area (Å²) in [6.07, 6.45) is 4.91. The molecule has 2 aliphatic heterocycles. The Morgan fingerprint density at radius 2 is 1.97 bits per heavy atom. The zero-order valence-electron chi connectivity index (χ0n) is 16.6. The van der Waals surface area contributed by atoms with Crippen LogP contribution in [-0.2, 0) is 14.4 Å². The van der Waals surface area contributed by atoms with Crippen LogP contribution < -0.4 is 10.6 Å². The van der Waals surface area contributed by atoms with E-state index in [1.165, 1.54) is 28.4 Å². The Morgan fingerprint density at radius 1 is 1.26 bits per heavy atom. The molecule has 2 amide bonds. The van der Waals surface area contributed by atoms with Crippen molar-refractivity contribution in [3.8, 4) is 0 Å². The van der Waals surface area contributed by atoms with Gasteiger partial charge in [0.15, 0.2) is 4.87 Å². The summed E-state index contributed by atoms with van der Waals surface area (Å²) in [7, 11) is 0. The fourth-order valence-electron chi connectivity index (χ4n) is 3.64. The first kappa shape index (κ1) is 21.3. The Hall–Kier alpha value is -2.98. The number of carboxylic acids is 1. The number of hydrogen-bond acceptors (Lipinski definition) is 7. The molecule has 160 valence electrons. The van der Waals surface area contributed by atoms with Crippen molar-refractivity contribution in [2.75, 3.05) is 23.9 Å². The first-order valence-electron chi connectivity index (χ1n) is 9.45. The Bertz CT molecular complexity index is 1050. The van der Waals surface area contributed by atoms with Crippen LogP contribution in [0.4, 0.5) is 5.69 Å². The SMILES string of the molecule is CSC1(NC(=O)CNc2ccccc2)C(=O)N2C(C(=O)O)=C(c3ccncc3)CS[C@H]21. The van der Waals surface area contributed by atoms with E-state index in [0.29, 0.717) is 16.9 Å². The van der Waals surface area contributed by atoms with Crippen LogP contribution in [0.3, 0.4) is 0 Å². The lowest BCUT2D eigenvalue weighted by atomic mass is 9.99. The first-order chi connectivity index (χ1) is 15.0. The molecule has 4 rings (SSSR count). The molecule has 0 radical (unpaired) electrons. The van der Waals surface area contributed by atoms with E-state index in [1.54, 1.807) is 30.8 Å². The van der Waals surface area contributed by atoms with Crippen molar-refractivity contribution < 1.29 is 19.5 Å². The molecular weight excluding hydrogens is 436 g/mol.